The van der Waals surface area contributed by atoms with Crippen molar-refractivity contribution >= 4 is 22.5 Å². The van der Waals surface area contributed by atoms with E-state index in [4.69, 9.17) is 0 Å². The van der Waals surface area contributed by atoms with Gasteiger partial charge in [0.1, 0.15) is 5.69 Å². The van der Waals surface area contributed by atoms with E-state index >= 15 is 0 Å². The molecule has 0 aliphatic carbocycles. The predicted octanol–water partition coefficient (Wildman–Crippen LogP) is 4.09. The van der Waals surface area contributed by atoms with Crippen LogP contribution >= 0.6 is 0 Å². The Hall–Kier alpha value is -3.62. The van der Waals surface area contributed by atoms with E-state index in [1.807, 2.05) is 42.5 Å². The number of benzene rings is 2. The van der Waals surface area contributed by atoms with Gasteiger partial charge in [-0.25, -0.2) is 0 Å². The largest absolute Gasteiger partial charge is 0.433 e. The Morgan fingerprint density at radius 3 is 2.59 bits per heavy atom. The molecule has 0 radical (unpaired) electrons. The van der Waals surface area contributed by atoms with Gasteiger partial charge in [-0.1, -0.05) is 42.5 Å². The first kappa shape index (κ1) is 18.7. The zero-order chi connectivity index (χ0) is 20.6. The Bertz CT molecular complexity index is 1190. The number of alkyl halides is 3. The molecule has 0 saturated heterocycles. The van der Waals surface area contributed by atoms with E-state index in [0.717, 1.165) is 23.4 Å². The lowest BCUT2D eigenvalue weighted by atomic mass is 10.0. The number of aryl methyl sites for hydroxylation is 1. The van der Waals surface area contributed by atoms with Crippen LogP contribution in [0, 0.1) is 0 Å². The average Bonchev–Trinajstić information content (AvgIpc) is 3.28. The van der Waals surface area contributed by atoms with Crippen LogP contribution < -0.4 is 5.32 Å². The molecule has 1 amide bonds. The molecular formula is C20H16F3N5O. The van der Waals surface area contributed by atoms with Crippen molar-refractivity contribution in [1.29, 1.82) is 0 Å². The minimum atomic E-state index is -4.58. The van der Waals surface area contributed by atoms with Crippen LogP contribution in [0.15, 0.2) is 60.8 Å². The summed E-state index contributed by atoms with van der Waals surface area (Å²) in [5.74, 6) is -0.527. The van der Waals surface area contributed by atoms with Crippen LogP contribution in [0.2, 0.25) is 0 Å². The molecule has 0 atom stereocenters. The van der Waals surface area contributed by atoms with Gasteiger partial charge < -0.3 is 5.32 Å². The number of hydrogen-bond acceptors (Lipinski definition) is 3. The summed E-state index contributed by atoms with van der Waals surface area (Å²) in [6.07, 6.45) is -2.89. The Kier molecular flexibility index (Phi) is 4.57. The highest BCUT2D eigenvalue weighted by Gasteiger charge is 2.35. The lowest BCUT2D eigenvalue weighted by molar-refractivity contribution is -0.143. The number of carbonyl (C=O) groups is 1. The summed E-state index contributed by atoms with van der Waals surface area (Å²) < 4.78 is 40.9. The standard InChI is InChI=1S/C20H16F3N5O/c1-27-17(20(21,22)23)11-16(25-27)19(29)24-18-9-10-28(26-18)12-14-7-4-6-13-5-2-3-8-15(13)14/h2-11H,12H2,1H3,(H,24,26,29). The maximum Gasteiger partial charge on any atom is 0.433 e. The first-order chi connectivity index (χ1) is 13.8. The first-order valence-corrected chi connectivity index (χ1v) is 8.74. The van der Waals surface area contributed by atoms with Gasteiger partial charge in [0.25, 0.3) is 5.91 Å². The second kappa shape index (κ2) is 7.08. The Morgan fingerprint density at radius 2 is 1.83 bits per heavy atom. The predicted molar refractivity (Wildman–Crippen MR) is 101 cm³/mol. The highest BCUT2D eigenvalue weighted by Crippen LogP contribution is 2.29. The number of rotatable bonds is 4. The van der Waals surface area contributed by atoms with E-state index in [9.17, 15) is 18.0 Å². The summed E-state index contributed by atoms with van der Waals surface area (Å²) in [5, 5.41) is 12.6. The van der Waals surface area contributed by atoms with E-state index in [-0.39, 0.29) is 11.5 Å². The van der Waals surface area contributed by atoms with Crippen LogP contribution in [0.25, 0.3) is 10.8 Å². The highest BCUT2D eigenvalue weighted by atomic mass is 19.4. The van der Waals surface area contributed by atoms with Crippen molar-refractivity contribution in [2.24, 2.45) is 7.05 Å². The molecule has 9 heteroatoms. The third-order valence-electron chi connectivity index (χ3n) is 4.50. The van der Waals surface area contributed by atoms with Gasteiger partial charge in [0.2, 0.25) is 0 Å². The molecular weight excluding hydrogens is 383 g/mol. The number of nitrogens with zero attached hydrogens (tertiary/aromatic N) is 4. The molecule has 0 saturated carbocycles. The van der Waals surface area contributed by atoms with E-state index in [1.165, 1.54) is 0 Å². The number of carbonyl (C=O) groups excluding carboxylic acids is 1. The lowest BCUT2D eigenvalue weighted by Crippen LogP contribution is -2.14. The molecule has 0 unspecified atom stereocenters. The summed E-state index contributed by atoms with van der Waals surface area (Å²) in [7, 11) is 1.14. The van der Waals surface area contributed by atoms with Gasteiger partial charge in [0.05, 0.1) is 6.54 Å². The van der Waals surface area contributed by atoms with E-state index in [0.29, 0.717) is 17.3 Å². The maximum absolute atomic E-state index is 12.9. The number of anilines is 1. The molecule has 0 bridgehead atoms. The van der Waals surface area contributed by atoms with Crippen molar-refractivity contribution in [3.8, 4) is 0 Å². The molecule has 4 aromatic rings. The highest BCUT2D eigenvalue weighted by molar-refractivity contribution is 6.02. The summed E-state index contributed by atoms with van der Waals surface area (Å²) in [6.45, 7) is 0.485. The molecule has 148 valence electrons. The fourth-order valence-electron chi connectivity index (χ4n) is 3.15. The number of nitrogens with one attached hydrogen (secondary N) is 1. The molecule has 6 nitrogen and oxygen atoms in total. The van der Waals surface area contributed by atoms with Gasteiger partial charge >= 0.3 is 6.18 Å². The molecule has 29 heavy (non-hydrogen) atoms. The third kappa shape index (κ3) is 3.84. The van der Waals surface area contributed by atoms with Crippen LogP contribution in [0.1, 0.15) is 21.7 Å². The van der Waals surface area contributed by atoms with Crippen LogP contribution in [-0.2, 0) is 19.8 Å². The van der Waals surface area contributed by atoms with E-state index in [1.54, 1.807) is 16.9 Å². The zero-order valence-corrected chi connectivity index (χ0v) is 15.3. The van der Waals surface area contributed by atoms with Gasteiger partial charge in [-0.15, -0.1) is 0 Å². The van der Waals surface area contributed by atoms with Crippen molar-refractivity contribution in [2.75, 3.05) is 5.32 Å². The van der Waals surface area contributed by atoms with Gasteiger partial charge in [0, 0.05) is 25.4 Å². The van der Waals surface area contributed by atoms with E-state index < -0.39 is 17.8 Å². The summed E-state index contributed by atoms with van der Waals surface area (Å²) >= 11 is 0. The zero-order valence-electron chi connectivity index (χ0n) is 15.3. The monoisotopic (exact) mass is 399 g/mol. The molecule has 0 fully saturated rings. The fraction of sp³-hybridized carbons (Fsp3) is 0.150. The smallest absolute Gasteiger partial charge is 0.304 e. The molecule has 0 aliphatic heterocycles. The van der Waals surface area contributed by atoms with Crippen molar-refractivity contribution in [3.63, 3.8) is 0 Å². The SMILES string of the molecule is Cn1nc(C(=O)Nc2ccn(Cc3cccc4ccccc34)n2)cc1C(F)(F)F. The molecule has 2 heterocycles. The second-order valence-corrected chi connectivity index (χ2v) is 6.53. The summed E-state index contributed by atoms with van der Waals surface area (Å²) in [5.41, 5.74) is -0.267. The molecule has 0 aliphatic rings. The number of fused-ring (bicyclic) bond motifs is 1. The Balaban J connectivity index is 1.50. The third-order valence-corrected chi connectivity index (χ3v) is 4.50. The summed E-state index contributed by atoms with van der Waals surface area (Å²) in [4.78, 5) is 12.2. The second-order valence-electron chi connectivity index (χ2n) is 6.53. The molecule has 4 rings (SSSR count). The normalized spacial score (nSPS) is 11.7. The van der Waals surface area contributed by atoms with Crippen molar-refractivity contribution in [3.05, 3.63) is 77.7 Å². The van der Waals surface area contributed by atoms with Crippen LogP contribution in [0.3, 0.4) is 0 Å². The number of halogens is 3. The topological polar surface area (TPSA) is 64.7 Å². The lowest BCUT2D eigenvalue weighted by Gasteiger charge is -2.06. The van der Waals surface area contributed by atoms with Crippen LogP contribution in [0.4, 0.5) is 19.0 Å². The van der Waals surface area contributed by atoms with E-state index in [2.05, 4.69) is 15.5 Å². The fourth-order valence-corrected chi connectivity index (χ4v) is 3.15. The average molecular weight is 399 g/mol. The first-order valence-electron chi connectivity index (χ1n) is 8.74. The Morgan fingerprint density at radius 1 is 1.07 bits per heavy atom. The minimum Gasteiger partial charge on any atom is -0.304 e. The van der Waals surface area contributed by atoms with Crippen LogP contribution in [-0.4, -0.2) is 25.5 Å². The molecule has 2 aromatic heterocycles. The van der Waals surface area contributed by atoms with Crippen molar-refractivity contribution < 1.29 is 18.0 Å². The van der Waals surface area contributed by atoms with Gasteiger partial charge in [-0.2, -0.15) is 23.4 Å². The quantitative estimate of drug-likeness (QED) is 0.562. The number of aromatic nitrogens is 4. The van der Waals surface area contributed by atoms with Gasteiger partial charge in [0.15, 0.2) is 11.5 Å². The minimum absolute atomic E-state index is 0.231. The van der Waals surface area contributed by atoms with Gasteiger partial charge in [-0.05, 0) is 16.3 Å². The molecule has 0 spiro atoms. The van der Waals surface area contributed by atoms with Crippen molar-refractivity contribution in [2.45, 2.75) is 12.7 Å². The Labute approximate surface area is 163 Å². The number of amides is 1. The molecule has 1 N–H and O–H groups in total. The maximum atomic E-state index is 12.9. The summed E-state index contributed by atoms with van der Waals surface area (Å²) in [6, 6.07) is 16.2. The van der Waals surface area contributed by atoms with Gasteiger partial charge in [-0.3, -0.25) is 14.2 Å². The molecule has 2 aromatic carbocycles. The van der Waals surface area contributed by atoms with Crippen LogP contribution in [0.5, 0.6) is 0 Å². The van der Waals surface area contributed by atoms with Crippen molar-refractivity contribution in [1.82, 2.24) is 19.6 Å². The number of hydrogen-bond donors (Lipinski definition) is 1.